The summed E-state index contributed by atoms with van der Waals surface area (Å²) in [6, 6.07) is 12.1. The predicted molar refractivity (Wildman–Crippen MR) is 107 cm³/mol. The molecule has 0 unspecified atom stereocenters. The van der Waals surface area contributed by atoms with Crippen molar-refractivity contribution in [3.05, 3.63) is 65.7 Å². The minimum absolute atomic E-state index is 0.0322. The van der Waals surface area contributed by atoms with Gasteiger partial charge in [0.2, 0.25) is 5.78 Å². The summed E-state index contributed by atoms with van der Waals surface area (Å²) in [5.41, 5.74) is 2.27. The number of carbonyl (C=O) groups excluding carboxylic acids is 1. The van der Waals surface area contributed by atoms with Crippen LogP contribution in [0.2, 0.25) is 0 Å². The molecule has 2 aromatic heterocycles. The smallest absolute Gasteiger partial charge is 0.272 e. The summed E-state index contributed by atoms with van der Waals surface area (Å²) in [5.74, 6) is 0.507. The maximum atomic E-state index is 13.3. The number of aliphatic hydroxyl groups is 1. The predicted octanol–water partition coefficient (Wildman–Crippen LogP) is 2.89. The first-order valence-corrected chi connectivity index (χ1v) is 9.86. The van der Waals surface area contributed by atoms with Crippen molar-refractivity contribution in [2.75, 3.05) is 19.7 Å². The van der Waals surface area contributed by atoms with Gasteiger partial charge in [0.1, 0.15) is 5.69 Å². The number of benzene rings is 1. The second-order valence-electron chi connectivity index (χ2n) is 7.81. The number of aryl methyl sites for hydroxylation is 2. The topological polar surface area (TPSA) is 70.7 Å². The molecule has 1 atom stereocenters. The van der Waals surface area contributed by atoms with Crippen LogP contribution in [0, 0.1) is 12.3 Å². The molecule has 3 heterocycles. The number of nitrogens with zero attached hydrogens (tertiary/aromatic N) is 4. The van der Waals surface area contributed by atoms with Crippen molar-refractivity contribution in [2.24, 2.45) is 5.41 Å². The summed E-state index contributed by atoms with van der Waals surface area (Å²) < 4.78 is 1.76. The number of aliphatic hydroxyl groups excluding tert-OH is 1. The van der Waals surface area contributed by atoms with E-state index in [0.29, 0.717) is 30.3 Å². The Balaban J connectivity index is 1.55. The lowest BCUT2D eigenvalue weighted by molar-refractivity contribution is 0.0223. The molecule has 0 radical (unpaired) electrons. The van der Waals surface area contributed by atoms with Gasteiger partial charge in [0, 0.05) is 30.9 Å². The number of imidazole rings is 1. The highest BCUT2D eigenvalue weighted by Crippen LogP contribution is 2.35. The Kier molecular flexibility index (Phi) is 5.13. The van der Waals surface area contributed by atoms with E-state index < -0.39 is 0 Å². The van der Waals surface area contributed by atoms with E-state index in [9.17, 15) is 9.90 Å². The number of likely N-dealkylation sites (tertiary alicyclic amines) is 1. The standard InChI is InChI=1S/C22H26N4O2/c1-17-19(26-14-6-12-23-21(26)24-17)20(28)25-13-5-10-22(15-25,16-27)11-9-18-7-3-2-4-8-18/h2-4,6-8,12,14,27H,5,9-11,13,15-16H2,1H3/t22-/m1/s1. The second kappa shape index (κ2) is 7.72. The number of hydrogen-bond acceptors (Lipinski definition) is 4. The van der Waals surface area contributed by atoms with E-state index in [2.05, 4.69) is 22.1 Å². The largest absolute Gasteiger partial charge is 0.396 e. The van der Waals surface area contributed by atoms with Crippen LogP contribution >= 0.6 is 0 Å². The summed E-state index contributed by atoms with van der Waals surface area (Å²) in [6.45, 7) is 3.22. The van der Waals surface area contributed by atoms with E-state index in [1.807, 2.05) is 36.2 Å². The molecule has 0 aliphatic carbocycles. The highest BCUT2D eigenvalue weighted by molar-refractivity contribution is 5.94. The molecule has 1 fully saturated rings. The van der Waals surface area contributed by atoms with Crippen LogP contribution in [-0.4, -0.2) is 50.0 Å². The average molecular weight is 378 g/mol. The molecule has 146 valence electrons. The quantitative estimate of drug-likeness (QED) is 0.741. The molecule has 6 nitrogen and oxygen atoms in total. The third-order valence-electron chi connectivity index (χ3n) is 5.85. The summed E-state index contributed by atoms with van der Waals surface area (Å²) in [4.78, 5) is 23.9. The third kappa shape index (κ3) is 3.52. The van der Waals surface area contributed by atoms with Crippen molar-refractivity contribution in [3.8, 4) is 0 Å². The van der Waals surface area contributed by atoms with Gasteiger partial charge in [-0.1, -0.05) is 30.3 Å². The number of aromatic nitrogens is 3. The summed E-state index contributed by atoms with van der Waals surface area (Å²) >= 11 is 0. The zero-order valence-corrected chi connectivity index (χ0v) is 16.2. The molecule has 1 saturated heterocycles. The van der Waals surface area contributed by atoms with Gasteiger partial charge in [-0.15, -0.1) is 0 Å². The van der Waals surface area contributed by atoms with Gasteiger partial charge in [-0.2, -0.15) is 0 Å². The average Bonchev–Trinajstić information content (AvgIpc) is 3.08. The molecule has 1 aliphatic rings. The highest BCUT2D eigenvalue weighted by atomic mass is 16.3. The number of rotatable bonds is 5. The van der Waals surface area contributed by atoms with Crippen LogP contribution in [-0.2, 0) is 6.42 Å². The van der Waals surface area contributed by atoms with Crippen molar-refractivity contribution in [1.29, 1.82) is 0 Å². The second-order valence-corrected chi connectivity index (χ2v) is 7.81. The molecule has 0 bridgehead atoms. The van der Waals surface area contributed by atoms with Gasteiger partial charge in [-0.25, -0.2) is 9.97 Å². The van der Waals surface area contributed by atoms with Crippen molar-refractivity contribution in [1.82, 2.24) is 19.3 Å². The Morgan fingerprint density at radius 2 is 2.07 bits per heavy atom. The Morgan fingerprint density at radius 3 is 2.86 bits per heavy atom. The normalized spacial score (nSPS) is 19.9. The fourth-order valence-electron chi connectivity index (χ4n) is 4.25. The van der Waals surface area contributed by atoms with Crippen LogP contribution in [0.25, 0.3) is 5.78 Å². The van der Waals surface area contributed by atoms with Gasteiger partial charge in [0.15, 0.2) is 0 Å². The molecule has 3 aromatic rings. The lowest BCUT2D eigenvalue weighted by atomic mass is 9.76. The van der Waals surface area contributed by atoms with E-state index in [1.165, 1.54) is 5.56 Å². The van der Waals surface area contributed by atoms with Gasteiger partial charge >= 0.3 is 0 Å². The van der Waals surface area contributed by atoms with Gasteiger partial charge in [-0.05, 0) is 44.2 Å². The summed E-state index contributed by atoms with van der Waals surface area (Å²) in [6.07, 6.45) is 7.11. The molecular weight excluding hydrogens is 352 g/mol. The molecule has 4 rings (SSSR count). The molecule has 0 spiro atoms. The van der Waals surface area contributed by atoms with Crippen LogP contribution in [0.3, 0.4) is 0 Å². The van der Waals surface area contributed by atoms with Gasteiger partial charge in [0.05, 0.1) is 12.3 Å². The van der Waals surface area contributed by atoms with Crippen molar-refractivity contribution < 1.29 is 9.90 Å². The lowest BCUT2D eigenvalue weighted by Crippen LogP contribution is -2.48. The zero-order valence-electron chi connectivity index (χ0n) is 16.2. The van der Waals surface area contributed by atoms with Crippen LogP contribution in [0.5, 0.6) is 0 Å². The number of carbonyl (C=O) groups is 1. The van der Waals surface area contributed by atoms with Crippen LogP contribution < -0.4 is 0 Å². The minimum Gasteiger partial charge on any atom is -0.396 e. The van der Waals surface area contributed by atoms with E-state index >= 15 is 0 Å². The van der Waals surface area contributed by atoms with E-state index in [0.717, 1.165) is 25.7 Å². The Bertz CT molecular complexity index is 969. The van der Waals surface area contributed by atoms with E-state index in [1.54, 1.807) is 16.7 Å². The number of hydrogen-bond donors (Lipinski definition) is 1. The molecule has 1 aliphatic heterocycles. The minimum atomic E-state index is -0.254. The fraction of sp³-hybridized carbons (Fsp3) is 0.409. The first kappa shape index (κ1) is 18.6. The third-order valence-corrected chi connectivity index (χ3v) is 5.85. The molecule has 28 heavy (non-hydrogen) atoms. The summed E-state index contributed by atoms with van der Waals surface area (Å²) in [5, 5.41) is 10.2. The van der Waals surface area contributed by atoms with Crippen LogP contribution in [0.4, 0.5) is 0 Å². The molecule has 1 amide bonds. The molecule has 1 aromatic carbocycles. The zero-order chi connectivity index (χ0) is 19.6. The highest BCUT2D eigenvalue weighted by Gasteiger charge is 2.37. The lowest BCUT2D eigenvalue weighted by Gasteiger charge is -2.42. The molecule has 6 heteroatoms. The monoisotopic (exact) mass is 378 g/mol. The van der Waals surface area contributed by atoms with Crippen molar-refractivity contribution in [3.63, 3.8) is 0 Å². The van der Waals surface area contributed by atoms with Gasteiger partial charge < -0.3 is 10.0 Å². The SMILES string of the molecule is Cc1nc2ncccn2c1C(=O)N1CCC[C@@](CO)(CCc2ccccc2)C1. The fourth-order valence-corrected chi connectivity index (χ4v) is 4.25. The Labute approximate surface area is 164 Å². The molecule has 1 N–H and O–H groups in total. The Morgan fingerprint density at radius 1 is 1.25 bits per heavy atom. The first-order valence-electron chi connectivity index (χ1n) is 9.86. The van der Waals surface area contributed by atoms with Crippen molar-refractivity contribution in [2.45, 2.75) is 32.6 Å². The number of amides is 1. The van der Waals surface area contributed by atoms with E-state index in [-0.39, 0.29) is 17.9 Å². The number of fused-ring (bicyclic) bond motifs is 1. The van der Waals surface area contributed by atoms with Crippen molar-refractivity contribution >= 4 is 11.7 Å². The first-order chi connectivity index (χ1) is 13.6. The summed E-state index contributed by atoms with van der Waals surface area (Å²) in [7, 11) is 0. The van der Waals surface area contributed by atoms with Gasteiger partial charge in [-0.3, -0.25) is 9.20 Å². The molecule has 0 saturated carbocycles. The Hall–Kier alpha value is -2.73. The maximum absolute atomic E-state index is 13.3. The maximum Gasteiger partial charge on any atom is 0.272 e. The van der Waals surface area contributed by atoms with Gasteiger partial charge in [0.25, 0.3) is 5.91 Å². The van der Waals surface area contributed by atoms with Crippen LogP contribution in [0.15, 0.2) is 48.8 Å². The number of piperidine rings is 1. The molecular formula is C22H26N4O2. The van der Waals surface area contributed by atoms with E-state index in [4.69, 9.17) is 0 Å². The van der Waals surface area contributed by atoms with Crippen LogP contribution in [0.1, 0.15) is 41.0 Å².